The highest BCUT2D eigenvalue weighted by Gasteiger charge is 2.37. The van der Waals surface area contributed by atoms with E-state index in [1.807, 2.05) is 37.3 Å². The highest BCUT2D eigenvalue weighted by Crippen LogP contribution is 2.40. The van der Waals surface area contributed by atoms with Crippen LogP contribution in [0.1, 0.15) is 51.3 Å². The minimum absolute atomic E-state index is 0.0754. The molecule has 6 nitrogen and oxygen atoms in total. The summed E-state index contributed by atoms with van der Waals surface area (Å²) in [6, 6.07) is 12.5. The van der Waals surface area contributed by atoms with E-state index in [-0.39, 0.29) is 11.1 Å². The van der Waals surface area contributed by atoms with Crippen molar-refractivity contribution < 1.29 is 14.4 Å². The number of hydrogen-bond donors (Lipinski definition) is 1. The maximum Gasteiger partial charge on any atom is 0.335 e. The highest BCUT2D eigenvalue weighted by molar-refractivity contribution is 6.39. The average molecular weight is 444 g/mol. The van der Waals surface area contributed by atoms with Crippen LogP contribution in [0.2, 0.25) is 0 Å². The molecule has 0 saturated carbocycles. The molecule has 0 aromatic heterocycles. The Labute approximate surface area is 194 Å². The van der Waals surface area contributed by atoms with Gasteiger partial charge in [0.05, 0.1) is 11.2 Å². The lowest BCUT2D eigenvalue weighted by Gasteiger charge is -2.46. The van der Waals surface area contributed by atoms with Gasteiger partial charge in [-0.15, -0.1) is 0 Å². The lowest BCUT2D eigenvalue weighted by atomic mass is 9.86. The summed E-state index contributed by atoms with van der Waals surface area (Å²) in [5.41, 5.74) is 5.27. The van der Waals surface area contributed by atoms with E-state index in [0.717, 1.165) is 32.9 Å². The first-order chi connectivity index (χ1) is 15.5. The first kappa shape index (κ1) is 22.5. The van der Waals surface area contributed by atoms with Crippen LogP contribution >= 0.6 is 0 Å². The summed E-state index contributed by atoms with van der Waals surface area (Å²) in [7, 11) is 0. The van der Waals surface area contributed by atoms with Gasteiger partial charge >= 0.3 is 6.03 Å². The van der Waals surface area contributed by atoms with Gasteiger partial charge in [0.2, 0.25) is 0 Å². The fraction of sp³-hybridized carbons (Fsp3) is 0.296. The molecule has 170 valence electrons. The molecule has 2 aromatic carbocycles. The number of imide groups is 2. The van der Waals surface area contributed by atoms with Crippen molar-refractivity contribution >= 4 is 40.9 Å². The molecule has 0 aliphatic carbocycles. The van der Waals surface area contributed by atoms with E-state index in [1.165, 1.54) is 0 Å². The van der Waals surface area contributed by atoms with Crippen LogP contribution in [0.25, 0.3) is 11.6 Å². The van der Waals surface area contributed by atoms with Crippen molar-refractivity contribution in [3.63, 3.8) is 0 Å². The number of amides is 4. The third-order valence-electron chi connectivity index (χ3n) is 6.12. The SMILES string of the molecule is CC1=CC(C)(C)N(C(C)C)c2ccc(/C=C3\C(=O)NC(=O)N(c4ccc(C)cc4)C3=O)cc21. The van der Waals surface area contributed by atoms with Gasteiger partial charge in [0.25, 0.3) is 11.8 Å². The lowest BCUT2D eigenvalue weighted by molar-refractivity contribution is -0.122. The van der Waals surface area contributed by atoms with Crippen LogP contribution in [-0.4, -0.2) is 29.4 Å². The zero-order valence-electron chi connectivity index (χ0n) is 19.9. The third kappa shape index (κ3) is 3.97. The van der Waals surface area contributed by atoms with Gasteiger partial charge in [-0.05, 0) is 83.0 Å². The Hall–Kier alpha value is -3.67. The number of rotatable bonds is 3. The number of carbonyl (C=O) groups is 3. The summed E-state index contributed by atoms with van der Waals surface area (Å²) in [5.74, 6) is -1.33. The average Bonchev–Trinajstić information content (AvgIpc) is 2.71. The monoisotopic (exact) mass is 443 g/mol. The van der Waals surface area contributed by atoms with E-state index in [2.05, 4.69) is 50.9 Å². The molecule has 2 aromatic rings. The fourth-order valence-corrected chi connectivity index (χ4v) is 4.85. The summed E-state index contributed by atoms with van der Waals surface area (Å²) in [4.78, 5) is 41.5. The highest BCUT2D eigenvalue weighted by atomic mass is 16.2. The van der Waals surface area contributed by atoms with Crippen molar-refractivity contribution in [1.82, 2.24) is 5.32 Å². The second-order valence-electron chi connectivity index (χ2n) is 9.51. The second kappa shape index (κ2) is 8.03. The molecule has 0 bridgehead atoms. The zero-order chi connectivity index (χ0) is 24.1. The Bertz CT molecular complexity index is 1220. The third-order valence-corrected chi connectivity index (χ3v) is 6.12. The number of barbiturate groups is 1. The first-order valence-electron chi connectivity index (χ1n) is 11.1. The van der Waals surface area contributed by atoms with Gasteiger partial charge in [-0.25, -0.2) is 9.69 Å². The van der Waals surface area contributed by atoms with Crippen molar-refractivity contribution in [2.24, 2.45) is 0 Å². The zero-order valence-corrected chi connectivity index (χ0v) is 19.9. The Morgan fingerprint density at radius 2 is 1.64 bits per heavy atom. The summed E-state index contributed by atoms with van der Waals surface area (Å²) >= 11 is 0. The van der Waals surface area contributed by atoms with Crippen LogP contribution in [0.15, 0.2) is 54.1 Å². The smallest absolute Gasteiger partial charge is 0.335 e. The largest absolute Gasteiger partial charge is 0.360 e. The Balaban J connectivity index is 1.75. The molecule has 0 radical (unpaired) electrons. The van der Waals surface area contributed by atoms with Crippen LogP contribution in [-0.2, 0) is 9.59 Å². The number of aryl methyl sites for hydroxylation is 1. The standard InChI is InChI=1S/C27H29N3O3/c1-16(2)30-23-12-9-19(13-21(23)18(4)15-27(30,5)6)14-22-24(31)28-26(33)29(25(22)32)20-10-7-17(3)8-11-20/h7-16H,1-6H3,(H,28,31,33)/b22-14+. The Kier molecular flexibility index (Phi) is 5.48. The minimum Gasteiger partial charge on any atom is -0.360 e. The van der Waals surface area contributed by atoms with Gasteiger partial charge in [-0.3, -0.25) is 14.9 Å². The minimum atomic E-state index is -0.745. The van der Waals surface area contributed by atoms with Crippen LogP contribution in [0.3, 0.4) is 0 Å². The number of nitrogens with zero attached hydrogens (tertiary/aromatic N) is 2. The number of urea groups is 1. The van der Waals surface area contributed by atoms with Crippen molar-refractivity contribution in [1.29, 1.82) is 0 Å². The Morgan fingerprint density at radius 1 is 0.970 bits per heavy atom. The van der Waals surface area contributed by atoms with Crippen LogP contribution in [0.4, 0.5) is 16.2 Å². The van der Waals surface area contributed by atoms with Gasteiger partial charge in [-0.2, -0.15) is 0 Å². The van der Waals surface area contributed by atoms with Gasteiger partial charge in [0, 0.05) is 17.3 Å². The predicted molar refractivity (Wildman–Crippen MR) is 132 cm³/mol. The fourth-order valence-electron chi connectivity index (χ4n) is 4.85. The molecule has 2 aliphatic heterocycles. The Morgan fingerprint density at radius 3 is 2.27 bits per heavy atom. The van der Waals surface area contributed by atoms with Crippen LogP contribution in [0, 0.1) is 6.92 Å². The molecule has 0 unspecified atom stereocenters. The molecular weight excluding hydrogens is 414 g/mol. The molecule has 2 heterocycles. The van der Waals surface area contributed by atoms with Gasteiger partial charge < -0.3 is 4.90 Å². The van der Waals surface area contributed by atoms with Crippen LogP contribution in [0.5, 0.6) is 0 Å². The van der Waals surface area contributed by atoms with Crippen molar-refractivity contribution in [3.05, 3.63) is 70.8 Å². The van der Waals surface area contributed by atoms with Crippen molar-refractivity contribution in [3.8, 4) is 0 Å². The summed E-state index contributed by atoms with van der Waals surface area (Å²) in [6.07, 6.45) is 3.79. The number of fused-ring (bicyclic) bond motifs is 1. The molecule has 1 N–H and O–H groups in total. The maximum atomic E-state index is 13.2. The van der Waals surface area contributed by atoms with Gasteiger partial charge in [0.15, 0.2) is 0 Å². The molecule has 4 amide bonds. The normalized spacial score (nSPS) is 19.1. The maximum absolute atomic E-state index is 13.2. The topological polar surface area (TPSA) is 69.7 Å². The van der Waals surface area contributed by atoms with Crippen LogP contribution < -0.4 is 15.1 Å². The second-order valence-corrected chi connectivity index (χ2v) is 9.51. The summed E-state index contributed by atoms with van der Waals surface area (Å²) in [6.45, 7) is 12.7. The number of nitrogens with one attached hydrogen (secondary N) is 1. The van der Waals surface area contributed by atoms with Gasteiger partial charge in [-0.1, -0.05) is 29.8 Å². The summed E-state index contributed by atoms with van der Waals surface area (Å²) in [5, 5.41) is 2.29. The van der Waals surface area contributed by atoms with Gasteiger partial charge in [0.1, 0.15) is 5.57 Å². The predicted octanol–water partition coefficient (Wildman–Crippen LogP) is 5.07. The van der Waals surface area contributed by atoms with E-state index >= 15 is 0 Å². The lowest BCUT2D eigenvalue weighted by Crippen LogP contribution is -2.54. The first-order valence-corrected chi connectivity index (χ1v) is 11.1. The number of anilines is 2. The van der Waals surface area contributed by atoms with Crippen molar-refractivity contribution in [2.75, 3.05) is 9.80 Å². The number of hydrogen-bond acceptors (Lipinski definition) is 4. The molecule has 6 heteroatoms. The molecule has 1 saturated heterocycles. The molecule has 0 spiro atoms. The molecule has 0 atom stereocenters. The molecule has 4 rings (SSSR count). The number of allylic oxidation sites excluding steroid dienone is 1. The van der Waals surface area contributed by atoms with E-state index < -0.39 is 17.8 Å². The quantitative estimate of drug-likeness (QED) is 0.531. The number of carbonyl (C=O) groups excluding carboxylic acids is 3. The van der Waals surface area contributed by atoms with Crippen molar-refractivity contribution in [2.45, 2.75) is 53.1 Å². The molecular formula is C27H29N3O3. The number of benzene rings is 2. The van der Waals surface area contributed by atoms with E-state index in [0.29, 0.717) is 11.7 Å². The van der Waals surface area contributed by atoms with E-state index in [9.17, 15) is 14.4 Å². The summed E-state index contributed by atoms with van der Waals surface area (Å²) < 4.78 is 0. The molecule has 33 heavy (non-hydrogen) atoms. The van der Waals surface area contributed by atoms with E-state index in [1.54, 1.807) is 18.2 Å². The molecule has 1 fully saturated rings. The molecule has 2 aliphatic rings. The van der Waals surface area contributed by atoms with E-state index in [4.69, 9.17) is 0 Å².